The van der Waals surface area contributed by atoms with Crippen molar-refractivity contribution in [1.29, 1.82) is 0 Å². The van der Waals surface area contributed by atoms with E-state index in [1.54, 1.807) is 0 Å². The second kappa shape index (κ2) is 4.42. The van der Waals surface area contributed by atoms with E-state index >= 15 is 0 Å². The maximum absolute atomic E-state index is 5.88. The predicted molar refractivity (Wildman–Crippen MR) is 68.9 cm³/mol. The minimum absolute atomic E-state index is 0.268. The third-order valence-corrected chi connectivity index (χ3v) is 4.98. The van der Waals surface area contributed by atoms with Gasteiger partial charge in [0.15, 0.2) is 11.5 Å². The Morgan fingerprint density at radius 1 is 1.18 bits per heavy atom. The first-order valence-corrected chi connectivity index (χ1v) is 6.92. The molecule has 0 saturated heterocycles. The fourth-order valence-electron chi connectivity index (χ4n) is 2.26. The molecule has 3 rings (SSSR count). The van der Waals surface area contributed by atoms with E-state index in [0.29, 0.717) is 13.2 Å². The first kappa shape index (κ1) is 11.2. The number of nitrogens with two attached hydrogens (primary N) is 1. The Morgan fingerprint density at radius 2 is 1.94 bits per heavy atom. The molecule has 0 bridgehead atoms. The van der Waals surface area contributed by atoms with Crippen LogP contribution in [0.4, 0.5) is 0 Å². The Labute approximate surface area is 106 Å². The van der Waals surface area contributed by atoms with Crippen LogP contribution in [0.1, 0.15) is 19.3 Å². The highest BCUT2D eigenvalue weighted by molar-refractivity contribution is 8.00. The van der Waals surface area contributed by atoms with Crippen molar-refractivity contribution in [1.82, 2.24) is 0 Å². The van der Waals surface area contributed by atoms with Crippen LogP contribution < -0.4 is 15.2 Å². The minimum atomic E-state index is 0.268. The van der Waals surface area contributed by atoms with Gasteiger partial charge in [0.25, 0.3) is 0 Å². The molecule has 17 heavy (non-hydrogen) atoms. The van der Waals surface area contributed by atoms with Crippen LogP contribution in [-0.4, -0.2) is 24.5 Å². The summed E-state index contributed by atoms with van der Waals surface area (Å²) in [5.74, 6) is 1.73. The number of ether oxygens (including phenoxy) is 2. The number of rotatable bonds is 3. The first-order chi connectivity index (χ1) is 8.31. The van der Waals surface area contributed by atoms with Gasteiger partial charge in [0.2, 0.25) is 0 Å². The summed E-state index contributed by atoms with van der Waals surface area (Å²) in [5.41, 5.74) is 5.88. The number of thioether (sulfide) groups is 1. The average molecular weight is 251 g/mol. The van der Waals surface area contributed by atoms with Gasteiger partial charge in [-0.2, -0.15) is 0 Å². The highest BCUT2D eigenvalue weighted by Crippen LogP contribution is 2.48. The molecule has 0 unspecified atom stereocenters. The number of hydrogen-bond acceptors (Lipinski definition) is 4. The van der Waals surface area contributed by atoms with E-state index in [-0.39, 0.29) is 4.75 Å². The molecular formula is C13H17NO2S. The minimum Gasteiger partial charge on any atom is -0.486 e. The van der Waals surface area contributed by atoms with Crippen molar-refractivity contribution in [3.8, 4) is 11.5 Å². The summed E-state index contributed by atoms with van der Waals surface area (Å²) in [4.78, 5) is 1.24. The molecule has 1 saturated carbocycles. The number of hydrogen-bond donors (Lipinski definition) is 1. The zero-order chi connectivity index (χ0) is 11.7. The Bertz CT molecular complexity index is 412. The largest absolute Gasteiger partial charge is 0.486 e. The second-order valence-electron chi connectivity index (χ2n) is 4.65. The Morgan fingerprint density at radius 3 is 2.59 bits per heavy atom. The van der Waals surface area contributed by atoms with Crippen molar-refractivity contribution in [2.45, 2.75) is 28.9 Å². The van der Waals surface area contributed by atoms with Crippen LogP contribution in [0.3, 0.4) is 0 Å². The summed E-state index contributed by atoms with van der Waals surface area (Å²) in [5, 5.41) is 0. The molecule has 0 spiro atoms. The normalized spacial score (nSPS) is 20.8. The quantitative estimate of drug-likeness (QED) is 0.896. The molecule has 1 aliphatic heterocycles. The molecular weight excluding hydrogens is 234 g/mol. The predicted octanol–water partition coefficient (Wildman–Crippen LogP) is 2.43. The number of fused-ring (bicyclic) bond motifs is 1. The van der Waals surface area contributed by atoms with Crippen molar-refractivity contribution in [3.63, 3.8) is 0 Å². The van der Waals surface area contributed by atoms with Crippen LogP contribution in [0, 0.1) is 0 Å². The van der Waals surface area contributed by atoms with Crippen molar-refractivity contribution in [2.75, 3.05) is 19.8 Å². The molecule has 0 amide bonds. The van der Waals surface area contributed by atoms with Crippen LogP contribution in [-0.2, 0) is 0 Å². The smallest absolute Gasteiger partial charge is 0.162 e. The zero-order valence-electron chi connectivity index (χ0n) is 9.78. The van der Waals surface area contributed by atoms with E-state index in [1.807, 2.05) is 17.8 Å². The average Bonchev–Trinajstić information content (AvgIpc) is 2.34. The molecule has 2 N–H and O–H groups in total. The zero-order valence-corrected chi connectivity index (χ0v) is 10.6. The second-order valence-corrected chi connectivity index (χ2v) is 6.19. The fraction of sp³-hybridized carbons (Fsp3) is 0.538. The Balaban J connectivity index is 1.79. The summed E-state index contributed by atoms with van der Waals surface area (Å²) in [7, 11) is 0. The van der Waals surface area contributed by atoms with Crippen LogP contribution in [0.5, 0.6) is 11.5 Å². The molecule has 0 atom stereocenters. The first-order valence-electron chi connectivity index (χ1n) is 6.10. The lowest BCUT2D eigenvalue weighted by molar-refractivity contribution is 0.171. The molecule has 1 fully saturated rings. The maximum Gasteiger partial charge on any atom is 0.162 e. The summed E-state index contributed by atoms with van der Waals surface area (Å²) in [6.07, 6.45) is 3.75. The molecule has 1 heterocycles. The van der Waals surface area contributed by atoms with Crippen LogP contribution in [0.25, 0.3) is 0 Å². The topological polar surface area (TPSA) is 44.5 Å². The van der Waals surface area contributed by atoms with Crippen molar-refractivity contribution in [2.24, 2.45) is 5.73 Å². The van der Waals surface area contributed by atoms with Gasteiger partial charge in [-0.3, -0.25) is 0 Å². The van der Waals surface area contributed by atoms with Crippen LogP contribution in [0.15, 0.2) is 23.1 Å². The third-order valence-electron chi connectivity index (χ3n) is 3.48. The lowest BCUT2D eigenvalue weighted by Gasteiger charge is -2.40. The molecule has 92 valence electrons. The third kappa shape index (κ3) is 2.11. The highest BCUT2D eigenvalue weighted by Gasteiger charge is 2.36. The van der Waals surface area contributed by atoms with Gasteiger partial charge in [-0.25, -0.2) is 0 Å². The van der Waals surface area contributed by atoms with Gasteiger partial charge in [-0.05, 0) is 31.0 Å². The summed E-state index contributed by atoms with van der Waals surface area (Å²) < 4.78 is 11.4. The standard InChI is InChI=1S/C13H17NO2S/c14-9-13(4-1-5-13)17-10-2-3-11-12(8-10)16-7-6-15-11/h2-3,8H,1,4-7,9,14H2. The molecule has 1 aromatic rings. The highest BCUT2D eigenvalue weighted by atomic mass is 32.2. The molecule has 4 heteroatoms. The van der Waals surface area contributed by atoms with E-state index in [4.69, 9.17) is 15.2 Å². The molecule has 0 aromatic heterocycles. The van der Waals surface area contributed by atoms with Gasteiger partial charge in [0.1, 0.15) is 13.2 Å². The van der Waals surface area contributed by atoms with E-state index in [2.05, 4.69) is 12.1 Å². The lowest BCUT2D eigenvalue weighted by atomic mass is 9.84. The summed E-state index contributed by atoms with van der Waals surface area (Å²) in [6, 6.07) is 6.18. The summed E-state index contributed by atoms with van der Waals surface area (Å²) in [6.45, 7) is 2.04. The van der Waals surface area contributed by atoms with Gasteiger partial charge in [-0.1, -0.05) is 6.42 Å². The molecule has 0 radical (unpaired) electrons. The van der Waals surface area contributed by atoms with Crippen molar-refractivity contribution < 1.29 is 9.47 Å². The fourth-order valence-corrected chi connectivity index (χ4v) is 3.63. The lowest BCUT2D eigenvalue weighted by Crippen LogP contribution is -2.40. The Kier molecular flexibility index (Phi) is 2.92. The molecule has 1 aromatic carbocycles. The van der Waals surface area contributed by atoms with E-state index in [0.717, 1.165) is 18.0 Å². The van der Waals surface area contributed by atoms with Crippen molar-refractivity contribution >= 4 is 11.8 Å². The SMILES string of the molecule is NCC1(Sc2ccc3c(c2)OCCO3)CCC1. The van der Waals surface area contributed by atoms with E-state index < -0.39 is 0 Å². The van der Waals surface area contributed by atoms with Crippen LogP contribution >= 0.6 is 11.8 Å². The van der Waals surface area contributed by atoms with Gasteiger partial charge >= 0.3 is 0 Å². The van der Waals surface area contributed by atoms with Gasteiger partial charge in [0.05, 0.1) is 0 Å². The van der Waals surface area contributed by atoms with E-state index in [1.165, 1.54) is 24.2 Å². The van der Waals surface area contributed by atoms with Gasteiger partial charge in [-0.15, -0.1) is 11.8 Å². The monoisotopic (exact) mass is 251 g/mol. The molecule has 2 aliphatic rings. The maximum atomic E-state index is 5.88. The van der Waals surface area contributed by atoms with E-state index in [9.17, 15) is 0 Å². The molecule has 1 aliphatic carbocycles. The van der Waals surface area contributed by atoms with Crippen molar-refractivity contribution in [3.05, 3.63) is 18.2 Å². The van der Waals surface area contributed by atoms with Gasteiger partial charge < -0.3 is 15.2 Å². The van der Waals surface area contributed by atoms with Gasteiger partial charge in [0, 0.05) is 16.2 Å². The Hall–Kier alpha value is -0.870. The number of benzene rings is 1. The van der Waals surface area contributed by atoms with Crippen LogP contribution in [0.2, 0.25) is 0 Å². The summed E-state index contributed by atoms with van der Waals surface area (Å²) >= 11 is 1.89. The molecule has 3 nitrogen and oxygen atoms in total.